The third kappa shape index (κ3) is 10.4. The van der Waals surface area contributed by atoms with E-state index >= 15 is 0 Å². The number of carbonyl (C=O) groups is 1. The molecule has 0 aromatic heterocycles. The van der Waals surface area contributed by atoms with Gasteiger partial charge in [-0.05, 0) is 48.7 Å². The SMILES string of the molecule is COc1ccc(CC(C)NCC(O)c2ccc(O)c(NC=O)c2)cc1.O=P(O)(O)O. The summed E-state index contributed by atoms with van der Waals surface area (Å²) >= 11 is 0. The number of benzene rings is 2. The van der Waals surface area contributed by atoms with Crippen molar-refractivity contribution in [2.45, 2.75) is 25.5 Å². The number of ether oxygens (including phenoxy) is 1. The smallest absolute Gasteiger partial charge is 0.466 e. The molecule has 0 saturated carbocycles. The van der Waals surface area contributed by atoms with Gasteiger partial charge in [0.15, 0.2) is 0 Å². The van der Waals surface area contributed by atoms with Gasteiger partial charge >= 0.3 is 7.82 Å². The second kappa shape index (κ2) is 12.3. The van der Waals surface area contributed by atoms with E-state index in [1.807, 2.05) is 31.2 Å². The zero-order chi connectivity index (χ0) is 22.7. The third-order valence-electron chi connectivity index (χ3n) is 3.98. The normalized spacial score (nSPS) is 12.9. The van der Waals surface area contributed by atoms with E-state index in [0.717, 1.165) is 12.2 Å². The largest absolute Gasteiger partial charge is 0.506 e. The lowest BCUT2D eigenvalue weighted by atomic mass is 10.1. The highest BCUT2D eigenvalue weighted by Crippen LogP contribution is 2.27. The van der Waals surface area contributed by atoms with E-state index in [-0.39, 0.29) is 17.5 Å². The number of aliphatic hydroxyl groups excluding tert-OH is 1. The lowest BCUT2D eigenvalue weighted by Crippen LogP contribution is -2.32. The van der Waals surface area contributed by atoms with Crippen LogP contribution in [0.5, 0.6) is 11.5 Å². The van der Waals surface area contributed by atoms with Crippen molar-refractivity contribution in [2.24, 2.45) is 0 Å². The molecule has 0 aliphatic rings. The van der Waals surface area contributed by atoms with Gasteiger partial charge in [0.1, 0.15) is 11.5 Å². The standard InChI is InChI=1S/C19H24N2O4.H3O4P/c1-13(9-14-3-6-16(25-2)7-4-14)20-11-19(24)15-5-8-18(23)17(10-15)21-12-22;1-5(2,3)4/h3-8,10,12-13,19-20,23-24H,9,11H2,1-2H3,(H,21,22);(H3,1,2,3,4). The van der Waals surface area contributed by atoms with Crippen LogP contribution in [0.1, 0.15) is 24.2 Å². The molecule has 0 radical (unpaired) electrons. The highest BCUT2D eigenvalue weighted by atomic mass is 31.2. The van der Waals surface area contributed by atoms with Crippen LogP contribution in [-0.2, 0) is 15.8 Å². The molecule has 2 unspecified atom stereocenters. The van der Waals surface area contributed by atoms with Gasteiger partial charge in [-0.2, -0.15) is 0 Å². The zero-order valence-electron chi connectivity index (χ0n) is 16.6. The number of phenolic OH excluding ortho intramolecular Hbond substituents is 1. The fourth-order valence-electron chi connectivity index (χ4n) is 2.56. The average Bonchev–Trinajstić information content (AvgIpc) is 2.67. The minimum atomic E-state index is -4.64. The van der Waals surface area contributed by atoms with E-state index in [4.69, 9.17) is 24.0 Å². The van der Waals surface area contributed by atoms with Gasteiger partial charge in [0.2, 0.25) is 6.41 Å². The van der Waals surface area contributed by atoms with Gasteiger partial charge in [-0.15, -0.1) is 0 Å². The Morgan fingerprint density at radius 1 is 1.13 bits per heavy atom. The molecule has 2 aromatic carbocycles. The Morgan fingerprint density at radius 2 is 1.73 bits per heavy atom. The Morgan fingerprint density at radius 3 is 2.27 bits per heavy atom. The summed E-state index contributed by atoms with van der Waals surface area (Å²) in [5.74, 6) is 0.788. The van der Waals surface area contributed by atoms with Crippen LogP contribution in [0.15, 0.2) is 42.5 Å². The number of hydrogen-bond donors (Lipinski definition) is 7. The van der Waals surface area contributed by atoms with Gasteiger partial charge in [0.25, 0.3) is 0 Å². The number of anilines is 1. The van der Waals surface area contributed by atoms with Gasteiger partial charge in [-0.1, -0.05) is 18.2 Å². The van der Waals surface area contributed by atoms with Crippen molar-refractivity contribution < 1.29 is 39.0 Å². The number of phosphoric acid groups is 1. The minimum Gasteiger partial charge on any atom is -0.506 e. The van der Waals surface area contributed by atoms with Crippen LogP contribution >= 0.6 is 7.82 Å². The lowest BCUT2D eigenvalue weighted by molar-refractivity contribution is -0.105. The highest BCUT2D eigenvalue weighted by Gasteiger charge is 2.12. The third-order valence-corrected chi connectivity index (χ3v) is 3.98. The van der Waals surface area contributed by atoms with Crippen LogP contribution in [0.4, 0.5) is 5.69 Å². The number of nitrogens with one attached hydrogen (secondary N) is 2. The molecule has 0 bridgehead atoms. The van der Waals surface area contributed by atoms with Crippen LogP contribution in [0.25, 0.3) is 0 Å². The maximum absolute atomic E-state index is 10.5. The summed E-state index contributed by atoms with van der Waals surface area (Å²) in [5, 5.41) is 25.6. The fraction of sp³-hybridized carbons (Fsp3) is 0.316. The number of methoxy groups -OCH3 is 1. The first-order chi connectivity index (χ1) is 14.0. The minimum absolute atomic E-state index is 0.0381. The van der Waals surface area contributed by atoms with Crippen molar-refractivity contribution in [1.82, 2.24) is 5.32 Å². The second-order valence-electron chi connectivity index (χ2n) is 6.43. The summed E-state index contributed by atoms with van der Waals surface area (Å²) in [7, 11) is -3.00. The summed E-state index contributed by atoms with van der Waals surface area (Å²) in [4.78, 5) is 32.1. The molecule has 2 aromatic rings. The van der Waals surface area contributed by atoms with Gasteiger partial charge < -0.3 is 40.3 Å². The Balaban J connectivity index is 0.000000804. The highest BCUT2D eigenvalue weighted by molar-refractivity contribution is 7.45. The Kier molecular flexibility index (Phi) is 10.5. The first kappa shape index (κ1) is 25.6. The summed E-state index contributed by atoms with van der Waals surface area (Å²) in [5.41, 5.74) is 2.07. The molecule has 0 aliphatic heterocycles. The molecule has 30 heavy (non-hydrogen) atoms. The number of phenols is 1. The molecule has 0 spiro atoms. The molecule has 2 rings (SSSR count). The van der Waals surface area contributed by atoms with Crippen molar-refractivity contribution in [3.8, 4) is 11.5 Å². The number of rotatable bonds is 9. The average molecular weight is 442 g/mol. The monoisotopic (exact) mass is 442 g/mol. The summed E-state index contributed by atoms with van der Waals surface area (Å²) in [6.45, 7) is 2.41. The summed E-state index contributed by atoms with van der Waals surface area (Å²) < 4.78 is 14.0. The molecule has 166 valence electrons. The van der Waals surface area contributed by atoms with Gasteiger partial charge in [0, 0.05) is 12.6 Å². The van der Waals surface area contributed by atoms with E-state index in [1.54, 1.807) is 19.2 Å². The van der Waals surface area contributed by atoms with Gasteiger partial charge in [0.05, 0.1) is 18.9 Å². The Hall–Kier alpha value is -2.46. The van der Waals surface area contributed by atoms with Crippen molar-refractivity contribution >= 4 is 19.9 Å². The number of aromatic hydroxyl groups is 1. The van der Waals surface area contributed by atoms with E-state index in [9.17, 15) is 15.0 Å². The Bertz CT molecular complexity index is 833. The van der Waals surface area contributed by atoms with Crippen molar-refractivity contribution in [2.75, 3.05) is 19.0 Å². The van der Waals surface area contributed by atoms with Crippen molar-refractivity contribution in [3.63, 3.8) is 0 Å². The fourth-order valence-corrected chi connectivity index (χ4v) is 2.56. The van der Waals surface area contributed by atoms with Crippen LogP contribution in [0, 0.1) is 0 Å². The van der Waals surface area contributed by atoms with Gasteiger partial charge in [-0.3, -0.25) is 4.79 Å². The van der Waals surface area contributed by atoms with Crippen molar-refractivity contribution in [3.05, 3.63) is 53.6 Å². The molecular formula is C19H27N2O8P. The van der Waals surface area contributed by atoms with E-state index in [1.165, 1.54) is 11.6 Å². The number of hydrogen-bond acceptors (Lipinski definition) is 6. The molecule has 10 nitrogen and oxygen atoms in total. The zero-order valence-corrected chi connectivity index (χ0v) is 17.5. The molecule has 0 heterocycles. The molecule has 1 amide bonds. The predicted molar refractivity (Wildman–Crippen MR) is 111 cm³/mol. The molecule has 7 N–H and O–H groups in total. The quantitative estimate of drug-likeness (QED) is 0.172. The van der Waals surface area contributed by atoms with Crippen LogP contribution in [0.2, 0.25) is 0 Å². The summed E-state index contributed by atoms with van der Waals surface area (Å²) in [6, 6.07) is 12.7. The van der Waals surface area contributed by atoms with Crippen molar-refractivity contribution in [1.29, 1.82) is 0 Å². The predicted octanol–water partition coefficient (Wildman–Crippen LogP) is 1.29. The number of carbonyl (C=O) groups excluding carboxylic acids is 1. The second-order valence-corrected chi connectivity index (χ2v) is 7.46. The maximum Gasteiger partial charge on any atom is 0.466 e. The Labute approximate surface area is 174 Å². The van der Waals surface area contributed by atoms with Gasteiger partial charge in [-0.25, -0.2) is 4.57 Å². The number of aliphatic hydroxyl groups is 1. The summed E-state index contributed by atoms with van der Waals surface area (Å²) in [6.07, 6.45) is 0.566. The first-order valence-corrected chi connectivity index (χ1v) is 10.5. The molecule has 0 saturated heterocycles. The topological polar surface area (TPSA) is 169 Å². The lowest BCUT2D eigenvalue weighted by Gasteiger charge is -2.18. The van der Waals surface area contributed by atoms with Crippen LogP contribution in [-0.4, -0.2) is 51.0 Å². The molecule has 0 aliphatic carbocycles. The maximum atomic E-state index is 10.5. The van der Waals surface area contributed by atoms with E-state index < -0.39 is 13.9 Å². The van der Waals surface area contributed by atoms with E-state index in [0.29, 0.717) is 18.5 Å². The molecule has 0 fully saturated rings. The molecular weight excluding hydrogens is 415 g/mol. The number of amides is 1. The van der Waals surface area contributed by atoms with Crippen LogP contribution in [0.3, 0.4) is 0 Å². The van der Waals surface area contributed by atoms with Crippen LogP contribution < -0.4 is 15.4 Å². The van der Waals surface area contributed by atoms with E-state index in [2.05, 4.69) is 10.6 Å². The molecule has 11 heteroatoms. The first-order valence-electron chi connectivity index (χ1n) is 8.89. The molecule has 2 atom stereocenters.